The predicted molar refractivity (Wildman–Crippen MR) is 213 cm³/mol. The Balaban J connectivity index is 1.09. The van der Waals surface area contributed by atoms with E-state index in [0.717, 1.165) is 45.2 Å². The van der Waals surface area contributed by atoms with Crippen LogP contribution in [0, 0.1) is 0 Å². The summed E-state index contributed by atoms with van der Waals surface area (Å²) in [5.41, 5.74) is 10.3. The lowest BCUT2D eigenvalue weighted by molar-refractivity contribution is 0.465. The van der Waals surface area contributed by atoms with Gasteiger partial charge in [0.1, 0.15) is 23.0 Å². The highest BCUT2D eigenvalue weighted by Crippen LogP contribution is 2.44. The maximum atomic E-state index is 6.67. The molecule has 2 nitrogen and oxygen atoms in total. The lowest BCUT2D eigenvalue weighted by Crippen LogP contribution is -2.57. The molecule has 0 N–H and O–H groups in total. The highest BCUT2D eigenvalue weighted by Gasteiger charge is 2.40. The summed E-state index contributed by atoms with van der Waals surface area (Å²) in [6, 6.07) is 63.1. The molecule has 2 heterocycles. The van der Waals surface area contributed by atoms with Crippen molar-refractivity contribution < 1.29 is 9.47 Å². The SMILES string of the molecule is c1ccc2c(c1)Oc1cc(-c3ccccc3-c3ccccc3-c3ccc4c5ccccc5c5ccccc5c4c3)cc3c1B2c1ccccc1O3. The summed E-state index contributed by atoms with van der Waals surface area (Å²) >= 11 is 0. The lowest BCUT2D eigenvalue weighted by atomic mass is 9.35. The highest BCUT2D eigenvalue weighted by molar-refractivity contribution is 6.98. The molecule has 2 aliphatic heterocycles. The van der Waals surface area contributed by atoms with Crippen LogP contribution < -0.4 is 25.9 Å². The van der Waals surface area contributed by atoms with Gasteiger partial charge in [-0.2, -0.15) is 0 Å². The molecular formula is C48H29BO2. The van der Waals surface area contributed by atoms with Gasteiger partial charge < -0.3 is 9.47 Å². The second-order valence-corrected chi connectivity index (χ2v) is 13.5. The average Bonchev–Trinajstić information content (AvgIpc) is 3.20. The van der Waals surface area contributed by atoms with E-state index in [9.17, 15) is 0 Å². The van der Waals surface area contributed by atoms with Crippen molar-refractivity contribution in [3.8, 4) is 56.4 Å². The Kier molecular flexibility index (Phi) is 6.08. The predicted octanol–water partition coefficient (Wildman–Crippen LogP) is 10.9. The molecule has 0 saturated carbocycles. The molecule has 51 heavy (non-hydrogen) atoms. The van der Waals surface area contributed by atoms with Crippen LogP contribution in [0.5, 0.6) is 23.0 Å². The van der Waals surface area contributed by atoms with E-state index < -0.39 is 0 Å². The van der Waals surface area contributed by atoms with E-state index in [0.29, 0.717) is 0 Å². The van der Waals surface area contributed by atoms with Crippen LogP contribution in [0.1, 0.15) is 0 Å². The second kappa shape index (κ2) is 11.0. The lowest BCUT2D eigenvalue weighted by Gasteiger charge is -2.33. The highest BCUT2D eigenvalue weighted by atomic mass is 16.5. The minimum atomic E-state index is 0.0519. The molecule has 0 radical (unpaired) electrons. The average molecular weight is 649 g/mol. The molecule has 2 aliphatic rings. The summed E-state index contributed by atoms with van der Waals surface area (Å²) in [5, 5.41) is 7.67. The normalized spacial score (nSPS) is 12.6. The summed E-state index contributed by atoms with van der Waals surface area (Å²) < 4.78 is 13.3. The van der Waals surface area contributed by atoms with Crippen molar-refractivity contribution in [2.45, 2.75) is 0 Å². The molecule has 0 aromatic heterocycles. The quantitative estimate of drug-likeness (QED) is 0.140. The van der Waals surface area contributed by atoms with Gasteiger partial charge in [-0.15, -0.1) is 0 Å². The van der Waals surface area contributed by atoms with E-state index in [1.165, 1.54) is 59.9 Å². The maximum Gasteiger partial charge on any atom is 0.260 e. The Hall–Kier alpha value is -6.58. The van der Waals surface area contributed by atoms with Crippen LogP contribution in [0.4, 0.5) is 0 Å². The van der Waals surface area contributed by atoms with E-state index in [1.807, 2.05) is 12.1 Å². The zero-order valence-electron chi connectivity index (χ0n) is 27.6. The van der Waals surface area contributed by atoms with Crippen LogP contribution in [0.15, 0.2) is 176 Å². The Bertz CT molecular complexity index is 2780. The Morgan fingerprint density at radius 3 is 1.25 bits per heavy atom. The molecule has 0 aliphatic carbocycles. The van der Waals surface area contributed by atoms with Crippen molar-refractivity contribution in [2.75, 3.05) is 0 Å². The van der Waals surface area contributed by atoms with E-state index >= 15 is 0 Å². The molecule has 0 spiro atoms. The van der Waals surface area contributed by atoms with Crippen molar-refractivity contribution >= 4 is 55.4 Å². The largest absolute Gasteiger partial charge is 0.458 e. The molecule has 9 aromatic rings. The number of fused-ring (bicyclic) bond motifs is 10. The third-order valence-electron chi connectivity index (χ3n) is 10.8. The first kappa shape index (κ1) is 28.3. The topological polar surface area (TPSA) is 18.5 Å². The number of benzene rings is 9. The fourth-order valence-electron chi connectivity index (χ4n) is 8.56. The van der Waals surface area contributed by atoms with Gasteiger partial charge in [0.05, 0.1) is 0 Å². The van der Waals surface area contributed by atoms with Gasteiger partial charge in [0, 0.05) is 5.46 Å². The van der Waals surface area contributed by atoms with E-state index in [2.05, 4.69) is 164 Å². The standard InChI is InChI=1S/C48H29BO2/c1-3-15-34(32(13-1)30-25-26-40-38-19-6-5-17-36(38)37-18-7-8-20-39(37)41(40)27-30)35-16-4-2-14-33(35)31-28-46-48-47(29-31)51-45-24-12-10-22-43(45)49(48)42-21-9-11-23-44(42)50-46/h1-29H. The van der Waals surface area contributed by atoms with Gasteiger partial charge in [-0.1, -0.05) is 146 Å². The fraction of sp³-hybridized carbons (Fsp3) is 0. The number of hydrogen-bond donors (Lipinski definition) is 0. The van der Waals surface area contributed by atoms with Gasteiger partial charge in [0.15, 0.2) is 0 Å². The first-order valence-electron chi connectivity index (χ1n) is 17.5. The molecular weight excluding hydrogens is 619 g/mol. The van der Waals surface area contributed by atoms with Crippen LogP contribution >= 0.6 is 0 Å². The molecule has 0 bridgehead atoms. The third kappa shape index (κ3) is 4.25. The van der Waals surface area contributed by atoms with Crippen molar-refractivity contribution in [2.24, 2.45) is 0 Å². The zero-order valence-corrected chi connectivity index (χ0v) is 27.6. The summed E-state index contributed by atoms with van der Waals surface area (Å²) in [6.45, 7) is 0.0519. The van der Waals surface area contributed by atoms with Crippen LogP contribution in [0.25, 0.3) is 65.7 Å². The maximum absolute atomic E-state index is 6.67. The molecule has 0 amide bonds. The summed E-state index contributed by atoms with van der Waals surface area (Å²) in [5.74, 6) is 3.48. The van der Waals surface area contributed by atoms with Gasteiger partial charge >= 0.3 is 0 Å². The van der Waals surface area contributed by atoms with Gasteiger partial charge in [-0.3, -0.25) is 0 Å². The first-order valence-corrected chi connectivity index (χ1v) is 17.5. The van der Waals surface area contributed by atoms with Gasteiger partial charge in [-0.05, 0) is 107 Å². The molecule has 0 saturated heterocycles. The molecule has 0 atom stereocenters. The molecule has 9 aromatic carbocycles. The summed E-state index contributed by atoms with van der Waals surface area (Å²) in [6.07, 6.45) is 0. The number of rotatable bonds is 3. The van der Waals surface area contributed by atoms with Crippen molar-refractivity contribution in [1.82, 2.24) is 0 Å². The molecule has 3 heteroatoms. The fourth-order valence-corrected chi connectivity index (χ4v) is 8.56. The van der Waals surface area contributed by atoms with Crippen LogP contribution in [-0.4, -0.2) is 6.71 Å². The number of para-hydroxylation sites is 2. The van der Waals surface area contributed by atoms with Crippen LogP contribution in [-0.2, 0) is 0 Å². The van der Waals surface area contributed by atoms with E-state index in [4.69, 9.17) is 9.47 Å². The van der Waals surface area contributed by atoms with Crippen molar-refractivity contribution in [1.29, 1.82) is 0 Å². The van der Waals surface area contributed by atoms with E-state index in [1.54, 1.807) is 0 Å². The molecule has 11 rings (SSSR count). The van der Waals surface area contributed by atoms with Gasteiger partial charge in [0.2, 0.25) is 0 Å². The minimum absolute atomic E-state index is 0.0519. The number of ether oxygens (including phenoxy) is 2. The molecule has 0 fully saturated rings. The first-order chi connectivity index (χ1) is 25.3. The minimum Gasteiger partial charge on any atom is -0.458 e. The smallest absolute Gasteiger partial charge is 0.260 e. The van der Waals surface area contributed by atoms with Crippen LogP contribution in [0.2, 0.25) is 0 Å². The zero-order chi connectivity index (χ0) is 33.5. The van der Waals surface area contributed by atoms with Gasteiger partial charge in [0.25, 0.3) is 6.71 Å². The molecule has 236 valence electrons. The van der Waals surface area contributed by atoms with E-state index in [-0.39, 0.29) is 6.71 Å². The third-order valence-corrected chi connectivity index (χ3v) is 10.8. The monoisotopic (exact) mass is 648 g/mol. The van der Waals surface area contributed by atoms with Crippen molar-refractivity contribution in [3.05, 3.63) is 176 Å². The Labute approximate surface area is 296 Å². The van der Waals surface area contributed by atoms with Gasteiger partial charge in [-0.25, -0.2) is 0 Å². The van der Waals surface area contributed by atoms with Crippen LogP contribution in [0.3, 0.4) is 0 Å². The Morgan fingerprint density at radius 2 is 0.706 bits per heavy atom. The molecule has 0 unspecified atom stereocenters. The Morgan fingerprint density at radius 1 is 0.294 bits per heavy atom. The summed E-state index contributed by atoms with van der Waals surface area (Å²) in [7, 11) is 0. The second-order valence-electron chi connectivity index (χ2n) is 13.5. The summed E-state index contributed by atoms with van der Waals surface area (Å²) in [4.78, 5) is 0. The van der Waals surface area contributed by atoms with Crippen molar-refractivity contribution in [3.63, 3.8) is 0 Å². The number of hydrogen-bond acceptors (Lipinski definition) is 2.